The van der Waals surface area contributed by atoms with Crippen LogP contribution in [0.3, 0.4) is 0 Å². The van der Waals surface area contributed by atoms with Crippen LogP contribution >= 0.6 is 0 Å². The number of pyridine rings is 1. The zero-order chi connectivity index (χ0) is 24.5. The molecule has 1 unspecified atom stereocenters. The van der Waals surface area contributed by atoms with Crippen molar-refractivity contribution in [3.63, 3.8) is 0 Å². The molecular formula is C24H24FN3O5S. The summed E-state index contributed by atoms with van der Waals surface area (Å²) in [5.41, 5.74) is 1.04. The summed E-state index contributed by atoms with van der Waals surface area (Å²) >= 11 is 0. The van der Waals surface area contributed by atoms with Gasteiger partial charge in [0, 0.05) is 43.0 Å². The van der Waals surface area contributed by atoms with Gasteiger partial charge in [-0.2, -0.15) is 0 Å². The zero-order valence-corrected chi connectivity index (χ0v) is 19.5. The van der Waals surface area contributed by atoms with Crippen molar-refractivity contribution < 1.29 is 22.3 Å². The molecule has 4 rings (SSSR count). The second kappa shape index (κ2) is 9.30. The highest BCUT2D eigenvalue weighted by atomic mass is 32.2. The van der Waals surface area contributed by atoms with E-state index in [0.717, 1.165) is 11.8 Å². The smallest absolute Gasteiger partial charge is 0.264 e. The van der Waals surface area contributed by atoms with Crippen molar-refractivity contribution >= 4 is 21.6 Å². The van der Waals surface area contributed by atoms with Crippen LogP contribution in [-0.2, 0) is 17.1 Å². The minimum atomic E-state index is -4.16. The number of carbonyl (C=O) groups is 1. The summed E-state index contributed by atoms with van der Waals surface area (Å²) in [5, 5.41) is 0. The van der Waals surface area contributed by atoms with Gasteiger partial charge in [0.05, 0.1) is 6.54 Å². The van der Waals surface area contributed by atoms with E-state index in [-0.39, 0.29) is 23.3 Å². The molecule has 1 saturated heterocycles. The number of carbonyl (C=O) groups excluding carboxylic acids is 1. The number of halogens is 1. The van der Waals surface area contributed by atoms with Crippen molar-refractivity contribution in [2.24, 2.45) is 7.05 Å². The van der Waals surface area contributed by atoms with Gasteiger partial charge in [0.2, 0.25) is 0 Å². The number of hydrogen-bond acceptors (Lipinski definition) is 5. The van der Waals surface area contributed by atoms with Crippen molar-refractivity contribution in [1.82, 2.24) is 9.47 Å². The van der Waals surface area contributed by atoms with Crippen molar-refractivity contribution in [3.05, 3.63) is 88.1 Å². The fourth-order valence-electron chi connectivity index (χ4n) is 3.78. The summed E-state index contributed by atoms with van der Waals surface area (Å²) in [6.07, 6.45) is 0.331. The highest BCUT2D eigenvalue weighted by Gasteiger charge is 2.29. The number of nitrogens with one attached hydrogen (secondary N) is 1. The number of likely N-dealkylation sites (tertiary alicyclic amines) is 1. The summed E-state index contributed by atoms with van der Waals surface area (Å²) in [6.45, 7) is 2.60. The SMILES string of the molecule is Cc1cc(OC2CCN(C(=O)c3cccc(NS(=O)(=O)c4ccccc4F)c3)C2)cc(=O)n1C. The molecule has 0 spiro atoms. The second-order valence-electron chi connectivity index (χ2n) is 8.13. The highest BCUT2D eigenvalue weighted by Crippen LogP contribution is 2.23. The van der Waals surface area contributed by atoms with Crippen molar-refractivity contribution in [3.8, 4) is 5.75 Å². The first-order valence-electron chi connectivity index (χ1n) is 10.6. The molecule has 0 bridgehead atoms. The van der Waals surface area contributed by atoms with Gasteiger partial charge in [0.25, 0.3) is 21.5 Å². The van der Waals surface area contributed by atoms with E-state index in [1.54, 1.807) is 30.1 Å². The molecule has 1 fully saturated rings. The predicted molar refractivity (Wildman–Crippen MR) is 125 cm³/mol. The number of amides is 1. The molecule has 1 N–H and O–H groups in total. The van der Waals surface area contributed by atoms with Crippen LogP contribution in [0.5, 0.6) is 5.75 Å². The molecule has 0 radical (unpaired) electrons. The third kappa shape index (κ3) is 4.96. The number of nitrogens with zero attached hydrogens (tertiary/aromatic N) is 2. The number of sulfonamides is 1. The van der Waals surface area contributed by atoms with Crippen LogP contribution in [0, 0.1) is 12.7 Å². The lowest BCUT2D eigenvalue weighted by Crippen LogP contribution is -2.31. The molecular weight excluding hydrogens is 461 g/mol. The van der Waals surface area contributed by atoms with Gasteiger partial charge in [-0.15, -0.1) is 0 Å². The maximum atomic E-state index is 13.9. The molecule has 0 aliphatic carbocycles. The Bertz CT molecular complexity index is 1400. The van der Waals surface area contributed by atoms with E-state index in [0.29, 0.717) is 30.8 Å². The number of benzene rings is 2. The molecule has 2 aromatic carbocycles. The number of anilines is 1. The third-order valence-corrected chi connectivity index (χ3v) is 7.11. The van der Waals surface area contributed by atoms with Gasteiger partial charge < -0.3 is 14.2 Å². The number of aromatic nitrogens is 1. The molecule has 1 aliphatic rings. The molecule has 1 aromatic heterocycles. The molecule has 1 aliphatic heterocycles. The zero-order valence-electron chi connectivity index (χ0n) is 18.7. The van der Waals surface area contributed by atoms with Crippen LogP contribution in [0.2, 0.25) is 0 Å². The first-order valence-corrected chi connectivity index (χ1v) is 12.1. The lowest BCUT2D eigenvalue weighted by molar-refractivity contribution is 0.0772. The largest absolute Gasteiger partial charge is 0.488 e. The maximum Gasteiger partial charge on any atom is 0.264 e. The first-order chi connectivity index (χ1) is 16.1. The Labute approximate surface area is 196 Å². The van der Waals surface area contributed by atoms with Gasteiger partial charge in [-0.1, -0.05) is 18.2 Å². The number of hydrogen-bond donors (Lipinski definition) is 1. The van der Waals surface area contributed by atoms with E-state index in [4.69, 9.17) is 4.74 Å². The Kier molecular flexibility index (Phi) is 6.43. The van der Waals surface area contributed by atoms with E-state index in [1.165, 1.54) is 41.0 Å². The molecule has 178 valence electrons. The Balaban J connectivity index is 1.45. The number of aryl methyl sites for hydroxylation is 1. The van der Waals surface area contributed by atoms with Crippen LogP contribution in [-0.4, -0.2) is 43.0 Å². The molecule has 10 heteroatoms. The summed E-state index contributed by atoms with van der Waals surface area (Å²) in [5.74, 6) is -0.681. The second-order valence-corrected chi connectivity index (χ2v) is 9.78. The van der Waals surface area contributed by atoms with Crippen LogP contribution in [0.15, 0.2) is 70.4 Å². The van der Waals surface area contributed by atoms with Gasteiger partial charge in [-0.05, 0) is 43.3 Å². The summed E-state index contributed by atoms with van der Waals surface area (Å²) in [4.78, 5) is 26.1. The van der Waals surface area contributed by atoms with Gasteiger partial charge >= 0.3 is 0 Å². The molecule has 1 amide bonds. The lowest BCUT2D eigenvalue weighted by Gasteiger charge is -2.18. The van der Waals surface area contributed by atoms with E-state index in [9.17, 15) is 22.4 Å². The van der Waals surface area contributed by atoms with E-state index >= 15 is 0 Å². The molecule has 8 nitrogen and oxygen atoms in total. The van der Waals surface area contributed by atoms with Gasteiger partial charge in [-0.25, -0.2) is 12.8 Å². The summed E-state index contributed by atoms with van der Waals surface area (Å²) in [7, 11) is -2.47. The fourth-order valence-corrected chi connectivity index (χ4v) is 4.91. The van der Waals surface area contributed by atoms with E-state index in [1.807, 2.05) is 6.92 Å². The van der Waals surface area contributed by atoms with Crippen molar-refractivity contribution in [2.75, 3.05) is 17.8 Å². The Hall–Kier alpha value is -3.66. The van der Waals surface area contributed by atoms with E-state index in [2.05, 4.69) is 4.72 Å². The number of rotatable bonds is 6. The fraction of sp³-hybridized carbons (Fsp3) is 0.250. The Morgan fingerprint density at radius 2 is 1.88 bits per heavy atom. The maximum absolute atomic E-state index is 13.9. The van der Waals surface area contributed by atoms with Crippen LogP contribution in [0.4, 0.5) is 10.1 Å². The summed E-state index contributed by atoms with van der Waals surface area (Å²) in [6, 6.07) is 14.3. The predicted octanol–water partition coefficient (Wildman–Crippen LogP) is 2.93. The molecule has 2 heterocycles. The highest BCUT2D eigenvalue weighted by molar-refractivity contribution is 7.92. The minimum Gasteiger partial charge on any atom is -0.488 e. The van der Waals surface area contributed by atoms with Crippen LogP contribution in [0.1, 0.15) is 22.5 Å². The van der Waals surface area contributed by atoms with Gasteiger partial charge in [0.15, 0.2) is 0 Å². The molecule has 0 saturated carbocycles. The standard InChI is InChI=1S/C24H24FN3O5S/c1-16-12-20(14-23(29)27(16)2)33-19-10-11-28(15-19)24(30)17-6-5-7-18(13-17)26-34(31,32)22-9-4-3-8-21(22)25/h3-9,12-14,19,26H,10-11,15H2,1-2H3. The van der Waals surface area contributed by atoms with Crippen molar-refractivity contribution in [1.29, 1.82) is 0 Å². The van der Waals surface area contributed by atoms with Crippen LogP contribution < -0.4 is 15.0 Å². The van der Waals surface area contributed by atoms with E-state index < -0.39 is 20.7 Å². The Morgan fingerprint density at radius 1 is 1.12 bits per heavy atom. The monoisotopic (exact) mass is 485 g/mol. The average Bonchev–Trinajstić information content (AvgIpc) is 3.25. The average molecular weight is 486 g/mol. The Morgan fingerprint density at radius 3 is 2.62 bits per heavy atom. The minimum absolute atomic E-state index is 0.150. The normalized spacial score (nSPS) is 15.9. The summed E-state index contributed by atoms with van der Waals surface area (Å²) < 4.78 is 48.8. The topological polar surface area (TPSA) is 97.7 Å². The molecule has 34 heavy (non-hydrogen) atoms. The van der Waals surface area contributed by atoms with Gasteiger partial charge in [0.1, 0.15) is 22.6 Å². The molecule has 1 atom stereocenters. The van der Waals surface area contributed by atoms with Crippen molar-refractivity contribution in [2.45, 2.75) is 24.3 Å². The first kappa shape index (κ1) is 23.5. The lowest BCUT2D eigenvalue weighted by atomic mass is 10.2. The van der Waals surface area contributed by atoms with Crippen LogP contribution in [0.25, 0.3) is 0 Å². The van der Waals surface area contributed by atoms with Gasteiger partial charge in [-0.3, -0.25) is 14.3 Å². The quantitative estimate of drug-likeness (QED) is 0.579. The third-order valence-electron chi connectivity index (χ3n) is 5.70. The number of ether oxygens (including phenoxy) is 1. The molecule has 3 aromatic rings.